The number of anilines is 1. The second-order valence-electron chi connectivity index (χ2n) is 8.25. The highest BCUT2D eigenvalue weighted by atomic mass is 16.5. The van der Waals surface area contributed by atoms with Gasteiger partial charge in [-0.1, -0.05) is 31.2 Å². The molecule has 4 N–H and O–H groups in total. The van der Waals surface area contributed by atoms with Gasteiger partial charge in [-0.3, -0.25) is 4.79 Å². The number of aromatic amines is 2. The summed E-state index contributed by atoms with van der Waals surface area (Å²) in [5.74, 6) is 0.653. The lowest BCUT2D eigenvalue weighted by Gasteiger charge is -2.33. The lowest BCUT2D eigenvalue weighted by Crippen LogP contribution is -2.39. The molecule has 35 heavy (non-hydrogen) atoms. The number of nitrogens with one attached hydrogen (secondary N) is 4. The third-order valence-electron chi connectivity index (χ3n) is 6.21. The number of aromatic nitrogens is 3. The molecule has 1 unspecified atom stereocenters. The average molecular weight is 470 g/mol. The monoisotopic (exact) mass is 469 g/mol. The number of nitrogens with zero attached hydrogens (tertiary/aromatic N) is 1. The maximum Gasteiger partial charge on any atom is 0.373 e. The first-order valence-corrected chi connectivity index (χ1v) is 11.3. The van der Waals surface area contributed by atoms with Crippen molar-refractivity contribution >= 4 is 28.7 Å². The molecule has 2 aliphatic heterocycles. The molecule has 0 fully saturated rings. The molecule has 176 valence electrons. The number of imidazole rings is 1. The van der Waals surface area contributed by atoms with Crippen LogP contribution < -0.4 is 15.4 Å². The van der Waals surface area contributed by atoms with Crippen LogP contribution in [0.3, 0.4) is 0 Å². The van der Waals surface area contributed by atoms with Crippen molar-refractivity contribution in [1.29, 1.82) is 0 Å². The van der Waals surface area contributed by atoms with Crippen molar-refractivity contribution in [2.45, 2.75) is 19.3 Å². The summed E-state index contributed by atoms with van der Waals surface area (Å²) in [6.45, 7) is 3.13. The number of ether oxygens (including phenoxy) is 1. The Bertz CT molecular complexity index is 1440. The van der Waals surface area contributed by atoms with E-state index in [1.54, 1.807) is 0 Å². The zero-order valence-corrected chi connectivity index (χ0v) is 19.0. The molecule has 9 heteroatoms. The standard InChI is InChI=1S/C25H23N5O2.CO2/c1-2-17-24-16(11-27-17)22(23-20(28-24)12-26-13-21(23)31)14-6-5-7-15(10-14)32-25-29-18-8-3-4-9-19(18)30-25;2-1-3/h3-11,22,26-28H,2,12-13H2,1H3,(H,29,30);. The maximum atomic E-state index is 13.0. The van der Waals surface area contributed by atoms with E-state index in [2.05, 4.69) is 38.6 Å². The number of carbonyl (C=O) groups excluding carboxylic acids is 3. The molecule has 4 aromatic rings. The fourth-order valence-corrected chi connectivity index (χ4v) is 4.74. The smallest absolute Gasteiger partial charge is 0.373 e. The number of hydrogen-bond donors (Lipinski definition) is 4. The van der Waals surface area contributed by atoms with Crippen LogP contribution in [-0.4, -0.2) is 40.0 Å². The van der Waals surface area contributed by atoms with Gasteiger partial charge in [0.25, 0.3) is 6.01 Å². The number of Topliss-reactive ketones (excluding diaryl/α,β-unsaturated/α-hetero) is 1. The maximum absolute atomic E-state index is 13.0. The number of carbonyl (C=O) groups is 1. The molecule has 1 atom stereocenters. The Morgan fingerprint density at radius 3 is 2.74 bits per heavy atom. The number of benzene rings is 2. The second kappa shape index (κ2) is 9.42. The molecule has 0 radical (unpaired) electrons. The molecule has 2 aromatic heterocycles. The highest BCUT2D eigenvalue weighted by Gasteiger charge is 2.36. The number of para-hydroxylation sites is 2. The molecule has 2 aliphatic rings. The summed E-state index contributed by atoms with van der Waals surface area (Å²) in [6, 6.07) is 16.2. The van der Waals surface area contributed by atoms with Gasteiger partial charge in [0.05, 0.1) is 23.3 Å². The fraction of sp³-hybridized carbons (Fsp3) is 0.192. The Morgan fingerprint density at radius 2 is 1.94 bits per heavy atom. The molecule has 4 heterocycles. The van der Waals surface area contributed by atoms with Gasteiger partial charge in [-0.15, -0.1) is 0 Å². The molecular formula is C26H23N5O4. The largest absolute Gasteiger partial charge is 0.426 e. The Labute approximate surface area is 200 Å². The Kier molecular flexibility index (Phi) is 6.01. The predicted molar refractivity (Wildman–Crippen MR) is 128 cm³/mol. The van der Waals surface area contributed by atoms with Gasteiger partial charge >= 0.3 is 6.15 Å². The SMILES string of the molecule is CCc1[nH]cc2c1NC1=C(C(=O)CNC1)C2c1cccc(Oc2nc3ccccc3[nH]2)c1.O=C=O. The first kappa shape index (κ1) is 22.3. The van der Waals surface area contributed by atoms with E-state index in [0.717, 1.165) is 51.2 Å². The van der Waals surface area contributed by atoms with Crippen LogP contribution in [0.25, 0.3) is 11.0 Å². The van der Waals surface area contributed by atoms with E-state index in [1.165, 1.54) is 0 Å². The Morgan fingerprint density at radius 1 is 1.11 bits per heavy atom. The molecule has 0 aliphatic carbocycles. The van der Waals surface area contributed by atoms with Crippen molar-refractivity contribution < 1.29 is 19.1 Å². The first-order chi connectivity index (χ1) is 17.1. The number of H-pyrrole nitrogens is 2. The average Bonchev–Trinajstić information content (AvgIpc) is 3.46. The summed E-state index contributed by atoms with van der Waals surface area (Å²) in [4.78, 5) is 40.3. The summed E-state index contributed by atoms with van der Waals surface area (Å²) < 4.78 is 6.07. The molecular weight excluding hydrogens is 446 g/mol. The molecule has 9 nitrogen and oxygen atoms in total. The molecule has 0 bridgehead atoms. The van der Waals surface area contributed by atoms with Gasteiger partial charge in [-0.25, -0.2) is 0 Å². The number of aryl methyl sites for hydroxylation is 1. The zero-order valence-electron chi connectivity index (χ0n) is 19.0. The predicted octanol–water partition coefficient (Wildman–Crippen LogP) is 3.65. The lowest BCUT2D eigenvalue weighted by atomic mass is 9.79. The van der Waals surface area contributed by atoms with Gasteiger partial charge in [-0.05, 0) is 36.2 Å². The third-order valence-corrected chi connectivity index (χ3v) is 6.21. The summed E-state index contributed by atoms with van der Waals surface area (Å²) in [5, 5.41) is 6.72. The quantitative estimate of drug-likeness (QED) is 0.359. The van der Waals surface area contributed by atoms with Crippen molar-refractivity contribution in [1.82, 2.24) is 20.3 Å². The molecule has 0 amide bonds. The molecule has 0 spiro atoms. The van der Waals surface area contributed by atoms with Gasteiger partial charge in [0.1, 0.15) is 5.75 Å². The van der Waals surface area contributed by atoms with Crippen molar-refractivity contribution in [3.8, 4) is 11.8 Å². The minimum atomic E-state index is -0.147. The normalized spacial score (nSPS) is 16.5. The molecule has 0 saturated heterocycles. The summed E-state index contributed by atoms with van der Waals surface area (Å²) in [5.41, 5.74) is 7.91. The Hall–Kier alpha value is -4.46. The fourth-order valence-electron chi connectivity index (χ4n) is 4.74. The van der Waals surface area contributed by atoms with Crippen molar-refractivity contribution in [2.75, 3.05) is 18.4 Å². The van der Waals surface area contributed by atoms with E-state index >= 15 is 0 Å². The topological polar surface area (TPSA) is 129 Å². The van der Waals surface area contributed by atoms with E-state index in [0.29, 0.717) is 24.8 Å². The van der Waals surface area contributed by atoms with Crippen molar-refractivity contribution in [3.05, 3.63) is 82.8 Å². The van der Waals surface area contributed by atoms with Gasteiger partial charge in [0.2, 0.25) is 0 Å². The zero-order chi connectivity index (χ0) is 24.4. The van der Waals surface area contributed by atoms with E-state index < -0.39 is 0 Å². The van der Waals surface area contributed by atoms with Crippen LogP contribution in [-0.2, 0) is 20.8 Å². The van der Waals surface area contributed by atoms with Crippen LogP contribution in [0, 0.1) is 0 Å². The highest BCUT2D eigenvalue weighted by molar-refractivity contribution is 6.02. The Balaban J connectivity index is 0.000000806. The van der Waals surface area contributed by atoms with Crippen LogP contribution in [0.2, 0.25) is 0 Å². The van der Waals surface area contributed by atoms with Crippen molar-refractivity contribution in [3.63, 3.8) is 0 Å². The van der Waals surface area contributed by atoms with Crippen LogP contribution in [0.15, 0.2) is 66.0 Å². The minimum Gasteiger partial charge on any atom is -0.426 e. The number of fused-ring (bicyclic) bond motifs is 2. The summed E-state index contributed by atoms with van der Waals surface area (Å²) in [7, 11) is 0. The van der Waals surface area contributed by atoms with Gasteiger partial charge < -0.3 is 25.3 Å². The van der Waals surface area contributed by atoms with Gasteiger partial charge in [-0.2, -0.15) is 14.6 Å². The molecule has 2 aromatic carbocycles. The number of ketones is 1. The van der Waals surface area contributed by atoms with Crippen LogP contribution in [0.4, 0.5) is 5.69 Å². The molecule has 0 saturated carbocycles. The third kappa shape index (κ3) is 4.14. The lowest BCUT2D eigenvalue weighted by molar-refractivity contribution is -0.191. The van der Waals surface area contributed by atoms with E-state index in [9.17, 15) is 4.79 Å². The van der Waals surface area contributed by atoms with E-state index in [-0.39, 0.29) is 17.9 Å². The summed E-state index contributed by atoms with van der Waals surface area (Å²) in [6.07, 6.45) is 3.16. The highest BCUT2D eigenvalue weighted by Crippen LogP contribution is 2.45. The number of rotatable bonds is 4. The van der Waals surface area contributed by atoms with Gasteiger partial charge in [0, 0.05) is 41.2 Å². The van der Waals surface area contributed by atoms with Crippen LogP contribution >= 0.6 is 0 Å². The summed E-state index contributed by atoms with van der Waals surface area (Å²) >= 11 is 0. The van der Waals surface area contributed by atoms with Gasteiger partial charge in [0.15, 0.2) is 5.78 Å². The molecule has 6 rings (SSSR count). The van der Waals surface area contributed by atoms with Crippen LogP contribution in [0.5, 0.6) is 11.8 Å². The van der Waals surface area contributed by atoms with E-state index in [1.807, 2.05) is 48.7 Å². The van der Waals surface area contributed by atoms with Crippen molar-refractivity contribution in [2.24, 2.45) is 0 Å². The minimum absolute atomic E-state index is 0.122. The second-order valence-corrected chi connectivity index (χ2v) is 8.25. The van der Waals surface area contributed by atoms with E-state index in [4.69, 9.17) is 14.3 Å². The van der Waals surface area contributed by atoms with Crippen LogP contribution in [0.1, 0.15) is 29.7 Å². The number of hydrogen-bond acceptors (Lipinski definition) is 7. The first-order valence-electron chi connectivity index (χ1n) is 11.3.